The molecule has 0 fully saturated rings. The Morgan fingerprint density at radius 1 is 1.08 bits per heavy atom. The number of hydrogen-bond donors (Lipinski definition) is 2. The van der Waals surface area contributed by atoms with Crippen molar-refractivity contribution in [3.63, 3.8) is 0 Å². The highest BCUT2D eigenvalue weighted by molar-refractivity contribution is 6.33. The molecule has 2 N–H and O–H groups in total. The predicted molar refractivity (Wildman–Crippen MR) is 94.9 cm³/mol. The molecule has 2 aromatic carbocycles. The van der Waals surface area contributed by atoms with Crippen LogP contribution in [-0.2, 0) is 6.54 Å². The van der Waals surface area contributed by atoms with Gasteiger partial charge in [-0.3, -0.25) is 0 Å². The quantitative estimate of drug-likeness (QED) is 0.623. The summed E-state index contributed by atoms with van der Waals surface area (Å²) in [5, 5.41) is 13.1. The Morgan fingerprint density at radius 3 is 2.67 bits per heavy atom. The summed E-state index contributed by atoms with van der Waals surface area (Å²) in [7, 11) is 0. The van der Waals surface area contributed by atoms with Gasteiger partial charge in [0, 0.05) is 16.3 Å². The number of furan rings is 1. The lowest BCUT2D eigenvalue weighted by molar-refractivity contribution is 0.0697. The molecule has 0 bridgehead atoms. The lowest BCUT2D eigenvalue weighted by Gasteiger charge is -2.07. The minimum absolute atomic E-state index is 0.0562. The smallest absolute Gasteiger partial charge is 0.337 e. The SMILES string of the molecule is O=C(O)c1cc(NCc2ccc(-c3cccc(Cl)c3)o2)ccc1Cl. The van der Waals surface area contributed by atoms with Crippen LogP contribution in [0.3, 0.4) is 0 Å². The number of rotatable bonds is 5. The lowest BCUT2D eigenvalue weighted by Crippen LogP contribution is -2.02. The van der Waals surface area contributed by atoms with Crippen LogP contribution >= 0.6 is 23.2 Å². The number of anilines is 1. The molecule has 3 aromatic rings. The normalized spacial score (nSPS) is 10.6. The number of hydrogen-bond acceptors (Lipinski definition) is 3. The topological polar surface area (TPSA) is 62.5 Å². The van der Waals surface area contributed by atoms with E-state index in [2.05, 4.69) is 5.32 Å². The van der Waals surface area contributed by atoms with Crippen molar-refractivity contribution >= 4 is 34.9 Å². The van der Waals surface area contributed by atoms with Gasteiger partial charge >= 0.3 is 5.97 Å². The molecule has 0 unspecified atom stereocenters. The summed E-state index contributed by atoms with van der Waals surface area (Å²) in [6.45, 7) is 0.418. The highest BCUT2D eigenvalue weighted by Crippen LogP contribution is 2.26. The molecule has 0 radical (unpaired) electrons. The number of benzene rings is 2. The van der Waals surface area contributed by atoms with Gasteiger partial charge in [-0.15, -0.1) is 0 Å². The second-order valence-electron chi connectivity index (χ2n) is 5.13. The van der Waals surface area contributed by atoms with Crippen LogP contribution < -0.4 is 5.32 Å². The van der Waals surface area contributed by atoms with Crippen molar-refractivity contribution in [1.29, 1.82) is 0 Å². The summed E-state index contributed by atoms with van der Waals surface area (Å²) in [4.78, 5) is 11.1. The van der Waals surface area contributed by atoms with Gasteiger partial charge in [0.25, 0.3) is 0 Å². The first kappa shape index (κ1) is 16.4. The van der Waals surface area contributed by atoms with E-state index in [9.17, 15) is 4.79 Å². The van der Waals surface area contributed by atoms with Crippen molar-refractivity contribution in [2.24, 2.45) is 0 Å². The molecule has 6 heteroatoms. The van der Waals surface area contributed by atoms with Crippen LogP contribution in [0.15, 0.2) is 59.0 Å². The average Bonchev–Trinajstić information content (AvgIpc) is 3.03. The maximum atomic E-state index is 11.1. The standard InChI is InChI=1S/C18H13Cl2NO3/c19-12-3-1-2-11(8-12)17-7-5-14(24-17)10-21-13-4-6-16(20)15(9-13)18(22)23/h1-9,21H,10H2,(H,22,23). The minimum atomic E-state index is -1.06. The van der Waals surface area contributed by atoms with Crippen LogP contribution in [0.4, 0.5) is 5.69 Å². The molecule has 24 heavy (non-hydrogen) atoms. The molecule has 0 atom stereocenters. The van der Waals surface area contributed by atoms with Gasteiger partial charge in [-0.25, -0.2) is 4.79 Å². The van der Waals surface area contributed by atoms with Gasteiger partial charge in [-0.05, 0) is 42.5 Å². The molecule has 0 aliphatic heterocycles. The molecule has 3 rings (SSSR count). The lowest BCUT2D eigenvalue weighted by atomic mass is 10.2. The molecule has 0 aliphatic rings. The van der Waals surface area contributed by atoms with Crippen LogP contribution in [-0.4, -0.2) is 11.1 Å². The van der Waals surface area contributed by atoms with E-state index in [1.807, 2.05) is 30.3 Å². The van der Waals surface area contributed by atoms with Gasteiger partial charge in [-0.1, -0.05) is 35.3 Å². The minimum Gasteiger partial charge on any atom is -0.478 e. The molecular formula is C18H13Cl2NO3. The van der Waals surface area contributed by atoms with Crippen molar-refractivity contribution in [1.82, 2.24) is 0 Å². The van der Waals surface area contributed by atoms with E-state index in [1.165, 1.54) is 6.07 Å². The number of aromatic carboxylic acids is 1. The number of carboxylic acid groups (broad SMARTS) is 1. The molecule has 4 nitrogen and oxygen atoms in total. The van der Waals surface area contributed by atoms with Crippen molar-refractivity contribution in [3.05, 3.63) is 76.0 Å². The molecule has 122 valence electrons. The fraction of sp³-hybridized carbons (Fsp3) is 0.0556. The summed E-state index contributed by atoms with van der Waals surface area (Å²) in [5.74, 6) is 0.373. The van der Waals surface area contributed by atoms with Crippen molar-refractivity contribution in [2.75, 3.05) is 5.32 Å². The summed E-state index contributed by atoms with van der Waals surface area (Å²) >= 11 is 11.8. The largest absolute Gasteiger partial charge is 0.478 e. The van der Waals surface area contributed by atoms with E-state index < -0.39 is 5.97 Å². The second-order valence-corrected chi connectivity index (χ2v) is 5.97. The molecule has 1 aromatic heterocycles. The molecule has 0 spiro atoms. The Labute approximate surface area is 148 Å². The van der Waals surface area contributed by atoms with E-state index in [0.717, 1.165) is 17.1 Å². The predicted octanol–water partition coefficient (Wildman–Crippen LogP) is 5.56. The van der Waals surface area contributed by atoms with Crippen LogP contribution in [0.1, 0.15) is 16.1 Å². The fourth-order valence-corrected chi connectivity index (χ4v) is 2.65. The molecule has 0 aliphatic carbocycles. The van der Waals surface area contributed by atoms with E-state index in [0.29, 0.717) is 17.3 Å². The number of halogens is 2. The van der Waals surface area contributed by atoms with Gasteiger partial charge in [0.15, 0.2) is 0 Å². The van der Waals surface area contributed by atoms with Crippen molar-refractivity contribution < 1.29 is 14.3 Å². The molecular weight excluding hydrogens is 349 g/mol. The van der Waals surface area contributed by atoms with Crippen LogP contribution in [0.2, 0.25) is 10.0 Å². The zero-order chi connectivity index (χ0) is 17.1. The molecule has 0 amide bonds. The highest BCUT2D eigenvalue weighted by atomic mass is 35.5. The molecule has 0 saturated carbocycles. The summed E-state index contributed by atoms with van der Waals surface area (Å²) in [6.07, 6.45) is 0. The number of carboxylic acids is 1. The van der Waals surface area contributed by atoms with E-state index >= 15 is 0 Å². The first-order valence-electron chi connectivity index (χ1n) is 7.14. The Balaban J connectivity index is 1.72. The van der Waals surface area contributed by atoms with Crippen LogP contribution in [0, 0.1) is 0 Å². The van der Waals surface area contributed by atoms with E-state index in [1.54, 1.807) is 18.2 Å². The number of carbonyl (C=O) groups is 1. The van der Waals surface area contributed by atoms with E-state index in [-0.39, 0.29) is 10.6 Å². The third-order valence-corrected chi connectivity index (χ3v) is 4.00. The summed E-state index contributed by atoms with van der Waals surface area (Å²) in [6, 6.07) is 15.9. The summed E-state index contributed by atoms with van der Waals surface area (Å²) < 4.78 is 5.78. The first-order valence-corrected chi connectivity index (χ1v) is 7.90. The zero-order valence-corrected chi connectivity index (χ0v) is 13.9. The molecule has 0 saturated heterocycles. The zero-order valence-electron chi connectivity index (χ0n) is 12.4. The Hall–Kier alpha value is -2.43. The van der Waals surface area contributed by atoms with Gasteiger partial charge in [0.05, 0.1) is 17.1 Å². The van der Waals surface area contributed by atoms with Gasteiger partial charge in [0.2, 0.25) is 0 Å². The van der Waals surface area contributed by atoms with Gasteiger partial charge in [0.1, 0.15) is 11.5 Å². The van der Waals surface area contributed by atoms with Crippen LogP contribution in [0.5, 0.6) is 0 Å². The van der Waals surface area contributed by atoms with Crippen molar-refractivity contribution in [3.8, 4) is 11.3 Å². The Kier molecular flexibility index (Phi) is 4.79. The average molecular weight is 362 g/mol. The fourth-order valence-electron chi connectivity index (χ4n) is 2.26. The Morgan fingerprint density at radius 2 is 1.92 bits per heavy atom. The van der Waals surface area contributed by atoms with Gasteiger partial charge in [-0.2, -0.15) is 0 Å². The Bertz CT molecular complexity index is 889. The maximum absolute atomic E-state index is 11.1. The highest BCUT2D eigenvalue weighted by Gasteiger charge is 2.10. The molecule has 1 heterocycles. The third-order valence-electron chi connectivity index (χ3n) is 3.43. The van der Waals surface area contributed by atoms with E-state index in [4.69, 9.17) is 32.7 Å². The second kappa shape index (κ2) is 6.99. The first-order chi connectivity index (χ1) is 11.5. The van der Waals surface area contributed by atoms with Crippen LogP contribution in [0.25, 0.3) is 11.3 Å². The summed E-state index contributed by atoms with van der Waals surface area (Å²) in [5.41, 5.74) is 1.60. The van der Waals surface area contributed by atoms with Crippen molar-refractivity contribution in [2.45, 2.75) is 6.54 Å². The van der Waals surface area contributed by atoms with Gasteiger partial charge < -0.3 is 14.8 Å². The maximum Gasteiger partial charge on any atom is 0.337 e. The number of nitrogens with one attached hydrogen (secondary N) is 1. The monoisotopic (exact) mass is 361 g/mol. The third kappa shape index (κ3) is 3.72.